The van der Waals surface area contributed by atoms with Crippen LogP contribution in [0, 0.1) is 18.3 Å². The van der Waals surface area contributed by atoms with Crippen molar-refractivity contribution in [2.75, 3.05) is 31.2 Å². The van der Waals surface area contributed by atoms with Gasteiger partial charge in [0, 0.05) is 24.8 Å². The van der Waals surface area contributed by atoms with Crippen LogP contribution in [0.15, 0.2) is 83.4 Å². The van der Waals surface area contributed by atoms with E-state index in [-0.39, 0.29) is 0 Å². The molecule has 1 aliphatic rings. The first-order chi connectivity index (χ1) is 18.7. The number of nitriles is 1. The van der Waals surface area contributed by atoms with Crippen LogP contribution in [0.3, 0.4) is 0 Å². The SMILES string of the molecule is Cc1ccc(-c2nn(-c3ccccc3)cc2/C=C(\C#N)c2nnc(N3CCOCC3)n2-c2ccccc2)o1. The Kier molecular flexibility index (Phi) is 6.30. The molecular formula is C29H25N7O2. The molecule has 0 saturated carbocycles. The van der Waals surface area contributed by atoms with E-state index in [1.165, 1.54) is 0 Å². The predicted molar refractivity (Wildman–Crippen MR) is 144 cm³/mol. The minimum Gasteiger partial charge on any atom is -0.460 e. The van der Waals surface area contributed by atoms with Crippen LogP contribution in [-0.4, -0.2) is 50.8 Å². The molecule has 6 rings (SSSR count). The Hall–Kier alpha value is -4.94. The van der Waals surface area contributed by atoms with Gasteiger partial charge in [-0.25, -0.2) is 4.68 Å². The molecule has 0 radical (unpaired) electrons. The van der Waals surface area contributed by atoms with E-state index in [1.807, 2.05) is 90.5 Å². The van der Waals surface area contributed by atoms with E-state index in [4.69, 9.17) is 14.3 Å². The Morgan fingerprint density at radius 3 is 2.29 bits per heavy atom. The second-order valence-corrected chi connectivity index (χ2v) is 8.89. The largest absolute Gasteiger partial charge is 0.460 e. The second-order valence-electron chi connectivity index (χ2n) is 8.89. The van der Waals surface area contributed by atoms with Gasteiger partial charge in [0.25, 0.3) is 0 Å². The zero-order valence-electron chi connectivity index (χ0n) is 20.9. The van der Waals surface area contributed by atoms with Crippen molar-refractivity contribution in [3.05, 3.63) is 96.1 Å². The Bertz CT molecular complexity index is 1620. The van der Waals surface area contributed by atoms with Crippen LogP contribution in [0.4, 0.5) is 5.95 Å². The van der Waals surface area contributed by atoms with Crippen molar-refractivity contribution in [3.63, 3.8) is 0 Å². The number of para-hydroxylation sites is 2. The molecule has 4 heterocycles. The summed E-state index contributed by atoms with van der Waals surface area (Å²) in [5.74, 6) is 2.54. The molecule has 1 fully saturated rings. The zero-order chi connectivity index (χ0) is 25.9. The van der Waals surface area contributed by atoms with Gasteiger partial charge in [-0.15, -0.1) is 10.2 Å². The molecule has 0 amide bonds. The van der Waals surface area contributed by atoms with Crippen molar-refractivity contribution in [3.8, 4) is 28.9 Å². The lowest BCUT2D eigenvalue weighted by molar-refractivity contribution is 0.122. The lowest BCUT2D eigenvalue weighted by Crippen LogP contribution is -2.38. The Morgan fingerprint density at radius 1 is 0.921 bits per heavy atom. The molecule has 9 nitrogen and oxygen atoms in total. The van der Waals surface area contributed by atoms with Crippen LogP contribution < -0.4 is 4.90 Å². The average molecular weight is 504 g/mol. The molecule has 0 N–H and O–H groups in total. The number of aromatic nitrogens is 5. The van der Waals surface area contributed by atoms with Crippen molar-refractivity contribution in [2.24, 2.45) is 0 Å². The lowest BCUT2D eigenvalue weighted by atomic mass is 10.1. The quantitative estimate of drug-likeness (QED) is 0.303. The number of hydrogen-bond acceptors (Lipinski definition) is 7. The van der Waals surface area contributed by atoms with E-state index in [9.17, 15) is 5.26 Å². The maximum absolute atomic E-state index is 10.3. The Balaban J connectivity index is 1.50. The van der Waals surface area contributed by atoms with Crippen LogP contribution in [0.2, 0.25) is 0 Å². The molecule has 0 unspecified atom stereocenters. The highest BCUT2D eigenvalue weighted by atomic mass is 16.5. The fraction of sp³-hybridized carbons (Fsp3) is 0.172. The number of aryl methyl sites for hydroxylation is 1. The fourth-order valence-electron chi connectivity index (χ4n) is 4.49. The molecule has 0 atom stereocenters. The third-order valence-electron chi connectivity index (χ3n) is 6.35. The third kappa shape index (κ3) is 4.49. The van der Waals surface area contributed by atoms with Gasteiger partial charge in [0.2, 0.25) is 5.95 Å². The lowest BCUT2D eigenvalue weighted by Gasteiger charge is -2.28. The molecule has 3 aromatic heterocycles. The van der Waals surface area contributed by atoms with Crippen LogP contribution >= 0.6 is 0 Å². The summed E-state index contributed by atoms with van der Waals surface area (Å²) in [5, 5.41) is 24.2. The number of hydrogen-bond donors (Lipinski definition) is 0. The summed E-state index contributed by atoms with van der Waals surface area (Å²) in [6.45, 7) is 4.51. The molecule has 0 aliphatic carbocycles. The van der Waals surface area contributed by atoms with Gasteiger partial charge < -0.3 is 14.1 Å². The molecule has 0 spiro atoms. The first-order valence-electron chi connectivity index (χ1n) is 12.4. The van der Waals surface area contributed by atoms with Crippen molar-refractivity contribution in [1.29, 1.82) is 5.26 Å². The number of morpholine rings is 1. The second kappa shape index (κ2) is 10.2. The van der Waals surface area contributed by atoms with Crippen LogP contribution in [0.5, 0.6) is 0 Å². The third-order valence-corrected chi connectivity index (χ3v) is 6.35. The number of ether oxygens (including phenoxy) is 1. The molecule has 188 valence electrons. The van der Waals surface area contributed by atoms with Gasteiger partial charge in [-0.1, -0.05) is 36.4 Å². The predicted octanol–water partition coefficient (Wildman–Crippen LogP) is 4.92. The van der Waals surface area contributed by atoms with Crippen molar-refractivity contribution in [2.45, 2.75) is 6.92 Å². The monoisotopic (exact) mass is 503 g/mol. The number of benzene rings is 2. The smallest absolute Gasteiger partial charge is 0.232 e. The highest BCUT2D eigenvalue weighted by Crippen LogP contribution is 2.31. The van der Waals surface area contributed by atoms with Crippen molar-refractivity contribution >= 4 is 17.6 Å². The standard InChI is InChI=1S/C29H25N7O2/c1-21-12-13-26(38-21)27-23(20-35(33-27)24-8-4-2-5-9-24)18-22(19-30)28-31-32-29(34-14-16-37-17-15-34)36(28)25-10-6-3-7-11-25/h2-13,18,20H,14-17H2,1H3/b22-18+. The molecule has 1 aliphatic heterocycles. The molecule has 1 saturated heterocycles. The number of furan rings is 1. The Labute approximate surface area is 219 Å². The minimum atomic E-state index is 0.359. The van der Waals surface area contributed by atoms with Gasteiger partial charge in [0.1, 0.15) is 17.5 Å². The van der Waals surface area contributed by atoms with E-state index < -0.39 is 0 Å². The maximum Gasteiger partial charge on any atom is 0.232 e. The van der Waals surface area contributed by atoms with Gasteiger partial charge in [-0.05, 0) is 49.4 Å². The fourth-order valence-corrected chi connectivity index (χ4v) is 4.49. The van der Waals surface area contributed by atoms with Crippen LogP contribution in [0.1, 0.15) is 17.1 Å². The summed E-state index contributed by atoms with van der Waals surface area (Å²) in [6, 6.07) is 25.8. The highest BCUT2D eigenvalue weighted by molar-refractivity contribution is 5.90. The number of allylic oxidation sites excluding steroid dienone is 1. The van der Waals surface area contributed by atoms with Crippen molar-refractivity contribution < 1.29 is 9.15 Å². The minimum absolute atomic E-state index is 0.359. The van der Waals surface area contributed by atoms with Gasteiger partial charge in [0.05, 0.1) is 30.2 Å². The molecule has 0 bridgehead atoms. The van der Waals surface area contributed by atoms with Gasteiger partial charge >= 0.3 is 0 Å². The van der Waals surface area contributed by atoms with Gasteiger partial charge in [0.15, 0.2) is 11.6 Å². The number of rotatable bonds is 6. The highest BCUT2D eigenvalue weighted by Gasteiger charge is 2.24. The van der Waals surface area contributed by atoms with Gasteiger partial charge in [-0.3, -0.25) is 4.57 Å². The van der Waals surface area contributed by atoms with Crippen LogP contribution in [0.25, 0.3) is 34.5 Å². The normalized spacial score (nSPS) is 14.0. The molecule has 5 aromatic rings. The average Bonchev–Trinajstić information content (AvgIpc) is 3.71. The van der Waals surface area contributed by atoms with Crippen LogP contribution in [-0.2, 0) is 4.74 Å². The first-order valence-corrected chi connectivity index (χ1v) is 12.4. The zero-order valence-corrected chi connectivity index (χ0v) is 20.9. The van der Waals surface area contributed by atoms with E-state index in [0.29, 0.717) is 55.1 Å². The number of anilines is 1. The van der Waals surface area contributed by atoms with E-state index in [1.54, 1.807) is 10.8 Å². The van der Waals surface area contributed by atoms with E-state index in [2.05, 4.69) is 21.2 Å². The molecule has 9 heteroatoms. The molecule has 2 aromatic carbocycles. The Morgan fingerprint density at radius 2 is 1.63 bits per heavy atom. The van der Waals surface area contributed by atoms with E-state index in [0.717, 1.165) is 22.7 Å². The molecular weight excluding hydrogens is 478 g/mol. The number of nitrogens with zero attached hydrogens (tertiary/aromatic N) is 7. The summed E-state index contributed by atoms with van der Waals surface area (Å²) in [5.41, 5.74) is 3.50. The summed E-state index contributed by atoms with van der Waals surface area (Å²) in [6.07, 6.45) is 3.69. The summed E-state index contributed by atoms with van der Waals surface area (Å²) in [4.78, 5) is 2.13. The first kappa shape index (κ1) is 23.5. The van der Waals surface area contributed by atoms with Crippen molar-refractivity contribution in [1.82, 2.24) is 24.5 Å². The maximum atomic E-state index is 10.3. The summed E-state index contributed by atoms with van der Waals surface area (Å²) in [7, 11) is 0. The summed E-state index contributed by atoms with van der Waals surface area (Å²) >= 11 is 0. The topological polar surface area (TPSA) is 97.9 Å². The summed E-state index contributed by atoms with van der Waals surface area (Å²) < 4.78 is 15.2. The molecule has 38 heavy (non-hydrogen) atoms. The van der Waals surface area contributed by atoms with Gasteiger partial charge in [-0.2, -0.15) is 10.4 Å². The van der Waals surface area contributed by atoms with E-state index >= 15 is 0 Å².